The lowest BCUT2D eigenvalue weighted by Gasteiger charge is -2.31. The molecule has 4 heteroatoms. The van der Waals surface area contributed by atoms with Crippen LogP contribution in [0.3, 0.4) is 0 Å². The Morgan fingerprint density at radius 3 is 3.43 bits per heavy atom. The quantitative estimate of drug-likeness (QED) is 0.602. The predicted molar refractivity (Wildman–Crippen MR) is 52.8 cm³/mol. The summed E-state index contributed by atoms with van der Waals surface area (Å²) in [7, 11) is 2.10. The first-order valence-corrected chi connectivity index (χ1v) is 4.85. The molecule has 1 unspecified atom stereocenters. The van der Waals surface area contributed by atoms with Crippen molar-refractivity contribution in [1.29, 1.82) is 0 Å². The van der Waals surface area contributed by atoms with E-state index in [0.29, 0.717) is 6.61 Å². The molecule has 0 aliphatic carbocycles. The third-order valence-corrected chi connectivity index (χ3v) is 2.78. The van der Waals surface area contributed by atoms with E-state index in [-0.39, 0.29) is 6.23 Å². The van der Waals surface area contributed by atoms with E-state index in [0.717, 1.165) is 19.0 Å². The van der Waals surface area contributed by atoms with Crippen molar-refractivity contribution in [3.63, 3.8) is 0 Å². The summed E-state index contributed by atoms with van der Waals surface area (Å²) in [6.07, 6.45) is 2.04. The highest BCUT2D eigenvalue weighted by Crippen LogP contribution is 2.29. The van der Waals surface area contributed by atoms with Crippen molar-refractivity contribution in [1.82, 2.24) is 9.88 Å². The Kier molecular flexibility index (Phi) is 1.72. The first kappa shape index (κ1) is 8.20. The van der Waals surface area contributed by atoms with Crippen LogP contribution in [0.4, 0.5) is 5.82 Å². The summed E-state index contributed by atoms with van der Waals surface area (Å²) in [4.78, 5) is 8.88. The topological polar surface area (TPSA) is 28.6 Å². The number of fused-ring (bicyclic) bond motifs is 3. The molecule has 0 saturated carbocycles. The largest absolute Gasteiger partial charge is 0.352 e. The second-order valence-corrected chi connectivity index (χ2v) is 3.90. The molecule has 0 spiro atoms. The molecule has 3 rings (SSSR count). The maximum atomic E-state index is 5.74. The maximum absolute atomic E-state index is 5.74. The number of likely N-dealkylation sites (N-methyl/N-ethyl adjacent to an activating group) is 1. The molecular weight excluding hydrogens is 178 g/mol. The fourth-order valence-electron chi connectivity index (χ4n) is 2.11. The molecule has 1 saturated heterocycles. The third-order valence-electron chi connectivity index (χ3n) is 2.78. The van der Waals surface area contributed by atoms with Gasteiger partial charge in [-0.3, -0.25) is 4.90 Å². The average molecular weight is 191 g/mol. The summed E-state index contributed by atoms with van der Waals surface area (Å²) in [5.74, 6) is 1.09. The highest BCUT2D eigenvalue weighted by Gasteiger charge is 2.34. The molecule has 0 radical (unpaired) electrons. The van der Waals surface area contributed by atoms with Gasteiger partial charge in [-0.2, -0.15) is 0 Å². The SMILES string of the molecule is CN1CC2OCc3cccnc3N2C1. The van der Waals surface area contributed by atoms with Crippen molar-refractivity contribution in [2.45, 2.75) is 12.8 Å². The Balaban J connectivity index is 2.01. The van der Waals surface area contributed by atoms with Crippen LogP contribution in [0.5, 0.6) is 0 Å². The maximum Gasteiger partial charge on any atom is 0.145 e. The fourth-order valence-corrected chi connectivity index (χ4v) is 2.11. The Morgan fingerprint density at radius 1 is 1.57 bits per heavy atom. The van der Waals surface area contributed by atoms with E-state index in [1.165, 1.54) is 5.56 Å². The van der Waals surface area contributed by atoms with E-state index in [1.807, 2.05) is 12.3 Å². The molecule has 1 atom stereocenters. The molecule has 4 nitrogen and oxygen atoms in total. The smallest absolute Gasteiger partial charge is 0.145 e. The Hall–Kier alpha value is -1.13. The minimum atomic E-state index is 0.197. The van der Waals surface area contributed by atoms with Gasteiger partial charge < -0.3 is 9.64 Å². The molecule has 0 bridgehead atoms. The van der Waals surface area contributed by atoms with Crippen LogP contribution >= 0.6 is 0 Å². The van der Waals surface area contributed by atoms with Gasteiger partial charge in [-0.15, -0.1) is 0 Å². The van der Waals surface area contributed by atoms with Gasteiger partial charge in [0, 0.05) is 18.3 Å². The minimum Gasteiger partial charge on any atom is -0.352 e. The van der Waals surface area contributed by atoms with Crippen LogP contribution in [0.15, 0.2) is 18.3 Å². The molecule has 1 aromatic rings. The molecular formula is C10H13N3O. The van der Waals surface area contributed by atoms with Gasteiger partial charge in [-0.05, 0) is 13.1 Å². The number of anilines is 1. The molecule has 14 heavy (non-hydrogen) atoms. The summed E-state index contributed by atoms with van der Waals surface area (Å²) >= 11 is 0. The van der Waals surface area contributed by atoms with Crippen LogP contribution < -0.4 is 4.90 Å². The van der Waals surface area contributed by atoms with Gasteiger partial charge >= 0.3 is 0 Å². The van der Waals surface area contributed by atoms with E-state index in [4.69, 9.17) is 4.74 Å². The molecule has 2 aliphatic rings. The van der Waals surface area contributed by atoms with Gasteiger partial charge in [-0.1, -0.05) is 6.07 Å². The molecule has 0 amide bonds. The van der Waals surface area contributed by atoms with Crippen LogP contribution in [0.1, 0.15) is 5.56 Å². The van der Waals surface area contributed by atoms with Crippen molar-refractivity contribution in [3.8, 4) is 0 Å². The summed E-state index contributed by atoms with van der Waals surface area (Å²) in [5, 5.41) is 0. The second-order valence-electron chi connectivity index (χ2n) is 3.90. The first-order chi connectivity index (χ1) is 6.84. The zero-order valence-corrected chi connectivity index (χ0v) is 8.18. The molecule has 0 N–H and O–H groups in total. The van der Waals surface area contributed by atoms with Gasteiger partial charge in [0.1, 0.15) is 12.0 Å². The van der Waals surface area contributed by atoms with E-state index >= 15 is 0 Å². The first-order valence-electron chi connectivity index (χ1n) is 4.85. The van der Waals surface area contributed by atoms with Crippen molar-refractivity contribution in [2.24, 2.45) is 0 Å². The van der Waals surface area contributed by atoms with E-state index < -0.39 is 0 Å². The molecule has 3 heterocycles. The number of hydrogen-bond donors (Lipinski definition) is 0. The highest BCUT2D eigenvalue weighted by atomic mass is 16.5. The summed E-state index contributed by atoms with van der Waals surface area (Å²) < 4.78 is 5.74. The Morgan fingerprint density at radius 2 is 2.50 bits per heavy atom. The van der Waals surface area contributed by atoms with Crippen molar-refractivity contribution < 1.29 is 4.74 Å². The van der Waals surface area contributed by atoms with Crippen molar-refractivity contribution in [2.75, 3.05) is 25.2 Å². The van der Waals surface area contributed by atoms with Gasteiger partial charge in [-0.25, -0.2) is 4.98 Å². The van der Waals surface area contributed by atoms with Crippen molar-refractivity contribution in [3.05, 3.63) is 23.9 Å². The summed E-state index contributed by atoms with van der Waals surface area (Å²) in [6, 6.07) is 4.04. The average Bonchev–Trinajstić information content (AvgIpc) is 2.59. The van der Waals surface area contributed by atoms with E-state index in [9.17, 15) is 0 Å². The van der Waals surface area contributed by atoms with Gasteiger partial charge in [0.05, 0.1) is 13.3 Å². The highest BCUT2D eigenvalue weighted by molar-refractivity contribution is 5.49. The lowest BCUT2D eigenvalue weighted by Crippen LogP contribution is -2.37. The number of nitrogens with zero attached hydrogens (tertiary/aromatic N) is 3. The molecule has 74 valence electrons. The zero-order valence-electron chi connectivity index (χ0n) is 8.18. The normalized spacial score (nSPS) is 26.1. The Labute approximate surface area is 83.1 Å². The number of aromatic nitrogens is 1. The van der Waals surface area contributed by atoms with Crippen LogP contribution in [0, 0.1) is 0 Å². The van der Waals surface area contributed by atoms with Crippen LogP contribution in [0.25, 0.3) is 0 Å². The van der Waals surface area contributed by atoms with Gasteiger partial charge in [0.2, 0.25) is 0 Å². The molecule has 1 aromatic heterocycles. The number of rotatable bonds is 0. The third kappa shape index (κ3) is 1.11. The number of pyridine rings is 1. The summed E-state index contributed by atoms with van der Waals surface area (Å²) in [6.45, 7) is 2.57. The summed E-state index contributed by atoms with van der Waals surface area (Å²) in [5.41, 5.74) is 1.19. The predicted octanol–water partition coefficient (Wildman–Crippen LogP) is 0.647. The fraction of sp³-hybridized carbons (Fsp3) is 0.500. The number of ether oxygens (including phenoxy) is 1. The molecule has 1 fully saturated rings. The molecule has 2 aliphatic heterocycles. The second kappa shape index (κ2) is 2.93. The zero-order chi connectivity index (χ0) is 9.54. The monoisotopic (exact) mass is 191 g/mol. The van der Waals surface area contributed by atoms with Crippen LogP contribution in [-0.2, 0) is 11.3 Å². The van der Waals surface area contributed by atoms with E-state index in [1.54, 1.807) is 0 Å². The number of hydrogen-bond acceptors (Lipinski definition) is 4. The van der Waals surface area contributed by atoms with Crippen LogP contribution in [-0.4, -0.2) is 36.4 Å². The van der Waals surface area contributed by atoms with Crippen LogP contribution in [0.2, 0.25) is 0 Å². The lowest BCUT2D eigenvalue weighted by molar-refractivity contribution is 0.0400. The van der Waals surface area contributed by atoms with Crippen molar-refractivity contribution >= 4 is 5.82 Å². The standard InChI is InChI=1S/C10H13N3O/c1-12-5-9-13(7-12)10-8(6-14-9)3-2-4-11-10/h2-4,9H,5-7H2,1H3. The Bertz CT molecular complexity index is 355. The van der Waals surface area contributed by atoms with Gasteiger partial charge in [0.25, 0.3) is 0 Å². The van der Waals surface area contributed by atoms with Gasteiger partial charge in [0.15, 0.2) is 0 Å². The lowest BCUT2D eigenvalue weighted by atomic mass is 10.2. The molecule has 0 aromatic carbocycles. The minimum absolute atomic E-state index is 0.197. The van der Waals surface area contributed by atoms with E-state index in [2.05, 4.69) is 27.9 Å².